The van der Waals surface area contributed by atoms with Crippen LogP contribution < -0.4 is 4.74 Å². The molecule has 1 atom stereocenters. The van der Waals surface area contributed by atoms with Crippen molar-refractivity contribution in [2.45, 2.75) is 32.5 Å². The summed E-state index contributed by atoms with van der Waals surface area (Å²) in [7, 11) is 0. The summed E-state index contributed by atoms with van der Waals surface area (Å²) in [5.74, 6) is -0.0565. The van der Waals surface area contributed by atoms with E-state index in [1.165, 1.54) is 5.56 Å². The lowest BCUT2D eigenvalue weighted by Crippen LogP contribution is -2.09. The van der Waals surface area contributed by atoms with Crippen LogP contribution in [0, 0.1) is 11.7 Å². The maximum Gasteiger partial charge on any atom is 0.417 e. The molecular weight excluding hydrogens is 390 g/mol. The summed E-state index contributed by atoms with van der Waals surface area (Å²) < 4.78 is 57.4. The molecule has 0 spiro atoms. The molecule has 0 saturated carbocycles. The molecule has 0 bridgehead atoms. The molecule has 0 fully saturated rings. The van der Waals surface area contributed by atoms with Gasteiger partial charge in [0, 0.05) is 22.3 Å². The molecule has 7 heteroatoms. The second kappa shape index (κ2) is 6.35. The van der Waals surface area contributed by atoms with Gasteiger partial charge in [0.1, 0.15) is 12.4 Å². The first-order valence-corrected chi connectivity index (χ1v) is 8.19. The smallest absolute Gasteiger partial charge is 0.417 e. The van der Waals surface area contributed by atoms with Gasteiger partial charge in [0.05, 0.1) is 5.56 Å². The highest BCUT2D eigenvalue weighted by molar-refractivity contribution is 9.10. The maximum absolute atomic E-state index is 13.9. The fourth-order valence-electron chi connectivity index (χ4n) is 2.85. The Hall–Kier alpha value is -1.63. The van der Waals surface area contributed by atoms with Crippen molar-refractivity contribution in [3.05, 3.63) is 56.9 Å². The summed E-state index contributed by atoms with van der Waals surface area (Å²) in [5, 5.41) is 0. The van der Waals surface area contributed by atoms with E-state index in [2.05, 4.69) is 27.8 Å². The fourth-order valence-corrected chi connectivity index (χ4v) is 3.46. The highest BCUT2D eigenvalue weighted by Gasteiger charge is 2.34. The van der Waals surface area contributed by atoms with Crippen LogP contribution in [0.2, 0.25) is 0 Å². The molecule has 3 rings (SSSR count). The van der Waals surface area contributed by atoms with Gasteiger partial charge in [-0.05, 0) is 42.0 Å². The van der Waals surface area contributed by atoms with Crippen LogP contribution in [0.4, 0.5) is 17.6 Å². The Kier molecular flexibility index (Phi) is 4.55. The predicted molar refractivity (Wildman–Crippen MR) is 84.2 cm³/mol. The van der Waals surface area contributed by atoms with Crippen LogP contribution in [0.1, 0.15) is 29.2 Å². The van der Waals surface area contributed by atoms with Crippen molar-refractivity contribution < 1.29 is 22.3 Å². The van der Waals surface area contributed by atoms with Crippen LogP contribution >= 0.6 is 15.9 Å². The number of hydrogen-bond acceptors (Lipinski definition) is 2. The van der Waals surface area contributed by atoms with Gasteiger partial charge in [-0.3, -0.25) is 0 Å². The largest absolute Gasteiger partial charge is 0.473 e. The molecule has 0 saturated heterocycles. The zero-order chi connectivity index (χ0) is 17.5. The summed E-state index contributed by atoms with van der Waals surface area (Å²) in [6.45, 7) is 1.96. The minimum absolute atomic E-state index is 0.0329. The topological polar surface area (TPSA) is 22.1 Å². The number of alkyl halides is 3. The number of rotatable bonds is 3. The van der Waals surface area contributed by atoms with Crippen molar-refractivity contribution >= 4 is 15.9 Å². The number of aromatic nitrogens is 1. The van der Waals surface area contributed by atoms with Gasteiger partial charge in [-0.2, -0.15) is 13.2 Å². The second-order valence-corrected chi connectivity index (χ2v) is 6.87. The average Bonchev–Trinajstić information content (AvgIpc) is 2.85. The summed E-state index contributed by atoms with van der Waals surface area (Å²) in [5.41, 5.74) is 1.32. The van der Waals surface area contributed by atoms with E-state index in [-0.39, 0.29) is 16.6 Å². The molecular formula is C17H14BrF4NO. The zero-order valence-corrected chi connectivity index (χ0v) is 14.3. The van der Waals surface area contributed by atoms with Gasteiger partial charge >= 0.3 is 6.18 Å². The molecule has 1 aliphatic carbocycles. The Morgan fingerprint density at radius 1 is 1.21 bits per heavy atom. The third kappa shape index (κ3) is 3.55. The molecule has 2 aromatic rings. The Balaban J connectivity index is 1.76. The quantitative estimate of drug-likeness (QED) is 0.647. The normalized spacial score (nSPS) is 17.0. The molecule has 0 amide bonds. The van der Waals surface area contributed by atoms with Gasteiger partial charge in [-0.15, -0.1) is 0 Å². The summed E-state index contributed by atoms with van der Waals surface area (Å²) in [6.07, 6.45) is -0.956. The first-order valence-electron chi connectivity index (χ1n) is 7.39. The van der Waals surface area contributed by atoms with Crippen LogP contribution in [0.5, 0.6) is 5.88 Å². The molecule has 0 radical (unpaired) electrons. The highest BCUT2D eigenvalue weighted by Crippen LogP contribution is 2.36. The van der Waals surface area contributed by atoms with E-state index in [1.807, 2.05) is 6.07 Å². The van der Waals surface area contributed by atoms with Gasteiger partial charge in [0.2, 0.25) is 5.88 Å². The SMILES string of the molecule is CC1Cc2cnc(OCc3cc(Br)c(C(F)(F)F)cc3F)cc2C1. The number of fused-ring (bicyclic) bond motifs is 1. The molecule has 0 aliphatic heterocycles. The number of nitrogens with zero attached hydrogens (tertiary/aromatic N) is 1. The van der Waals surface area contributed by atoms with E-state index in [0.29, 0.717) is 17.9 Å². The summed E-state index contributed by atoms with van der Waals surface area (Å²) in [6, 6.07) is 3.38. The van der Waals surface area contributed by atoms with Crippen molar-refractivity contribution in [3.8, 4) is 5.88 Å². The van der Waals surface area contributed by atoms with E-state index in [9.17, 15) is 17.6 Å². The Bertz CT molecular complexity index is 776. The van der Waals surface area contributed by atoms with Gasteiger partial charge in [0.15, 0.2) is 0 Å². The molecule has 1 heterocycles. The summed E-state index contributed by atoms with van der Waals surface area (Å²) >= 11 is 2.83. The van der Waals surface area contributed by atoms with Crippen molar-refractivity contribution in [2.24, 2.45) is 5.92 Å². The van der Waals surface area contributed by atoms with Crippen LogP contribution in [-0.4, -0.2) is 4.98 Å². The number of pyridine rings is 1. The summed E-state index contributed by atoms with van der Waals surface area (Å²) in [4.78, 5) is 4.17. The highest BCUT2D eigenvalue weighted by atomic mass is 79.9. The van der Waals surface area contributed by atoms with E-state index in [0.717, 1.165) is 24.5 Å². The number of ether oxygens (including phenoxy) is 1. The van der Waals surface area contributed by atoms with Crippen molar-refractivity contribution in [2.75, 3.05) is 0 Å². The van der Waals surface area contributed by atoms with E-state index in [4.69, 9.17) is 4.74 Å². The van der Waals surface area contributed by atoms with Crippen molar-refractivity contribution in [1.82, 2.24) is 4.98 Å². The third-order valence-electron chi connectivity index (χ3n) is 4.01. The van der Waals surface area contributed by atoms with Gasteiger partial charge < -0.3 is 4.74 Å². The van der Waals surface area contributed by atoms with E-state index in [1.54, 1.807) is 6.20 Å². The Morgan fingerprint density at radius 3 is 2.62 bits per heavy atom. The van der Waals surface area contributed by atoms with Crippen molar-refractivity contribution in [3.63, 3.8) is 0 Å². The molecule has 1 unspecified atom stereocenters. The van der Waals surface area contributed by atoms with Crippen molar-refractivity contribution in [1.29, 1.82) is 0 Å². The van der Waals surface area contributed by atoms with E-state index < -0.39 is 17.6 Å². The molecule has 0 N–H and O–H groups in total. The first-order chi connectivity index (χ1) is 11.2. The molecule has 128 valence electrons. The fraction of sp³-hybridized carbons (Fsp3) is 0.353. The average molecular weight is 404 g/mol. The Labute approximate surface area is 145 Å². The molecule has 24 heavy (non-hydrogen) atoms. The predicted octanol–water partition coefficient (Wildman–Crippen LogP) is 5.32. The van der Waals surface area contributed by atoms with Crippen LogP contribution in [0.15, 0.2) is 28.9 Å². The lowest BCUT2D eigenvalue weighted by atomic mass is 10.1. The standard InChI is InChI=1S/C17H14BrF4NO/c1-9-2-10-5-16(23-7-11(10)3-9)24-8-12-4-14(18)13(6-15(12)19)17(20,21)22/h4-7,9H,2-3,8H2,1H3. The number of hydrogen-bond donors (Lipinski definition) is 0. The minimum atomic E-state index is -4.61. The zero-order valence-electron chi connectivity index (χ0n) is 12.8. The molecule has 1 aromatic heterocycles. The minimum Gasteiger partial charge on any atom is -0.473 e. The maximum atomic E-state index is 13.9. The van der Waals surface area contributed by atoms with Crippen LogP contribution in [0.25, 0.3) is 0 Å². The number of benzene rings is 1. The Morgan fingerprint density at radius 2 is 1.92 bits per heavy atom. The molecule has 1 aliphatic rings. The monoisotopic (exact) mass is 403 g/mol. The van der Waals surface area contributed by atoms with E-state index >= 15 is 0 Å². The lowest BCUT2D eigenvalue weighted by molar-refractivity contribution is -0.138. The molecule has 2 nitrogen and oxygen atoms in total. The van der Waals surface area contributed by atoms with Gasteiger partial charge in [-0.25, -0.2) is 9.37 Å². The number of halogens is 5. The first kappa shape index (κ1) is 17.2. The van der Waals surface area contributed by atoms with Gasteiger partial charge in [0.25, 0.3) is 0 Å². The third-order valence-corrected chi connectivity index (χ3v) is 4.67. The second-order valence-electron chi connectivity index (χ2n) is 6.01. The molecule has 1 aromatic carbocycles. The van der Waals surface area contributed by atoms with Crippen LogP contribution in [-0.2, 0) is 25.6 Å². The van der Waals surface area contributed by atoms with Gasteiger partial charge in [-0.1, -0.05) is 22.9 Å². The lowest BCUT2D eigenvalue weighted by Gasteiger charge is -2.12. The van der Waals surface area contributed by atoms with Crippen LogP contribution in [0.3, 0.4) is 0 Å².